The molecule has 31 heavy (non-hydrogen) atoms. The first kappa shape index (κ1) is 24.1. The van der Waals surface area contributed by atoms with E-state index in [9.17, 15) is 9.59 Å². The van der Waals surface area contributed by atoms with Crippen LogP contribution in [0, 0.1) is 11.3 Å². The molecule has 0 unspecified atom stereocenters. The SMILES string of the molecule is N#Cc1ccc(NC(=O)O[C@@H](CCCOC(=O)CS)c2cccc(OCCO)c2)cc1. The molecule has 0 heterocycles. The van der Waals surface area contributed by atoms with Crippen molar-refractivity contribution in [1.82, 2.24) is 0 Å². The fraction of sp³-hybridized carbons (Fsp3) is 0.318. The van der Waals surface area contributed by atoms with E-state index in [4.69, 9.17) is 24.6 Å². The summed E-state index contributed by atoms with van der Waals surface area (Å²) in [4.78, 5) is 23.7. The van der Waals surface area contributed by atoms with Crippen molar-refractivity contribution in [3.8, 4) is 11.8 Å². The normalized spacial score (nSPS) is 11.1. The van der Waals surface area contributed by atoms with Crippen LogP contribution in [0.1, 0.15) is 30.1 Å². The molecular formula is C22H24N2O6S. The summed E-state index contributed by atoms with van der Waals surface area (Å²) in [5.74, 6) is 0.116. The molecule has 1 atom stereocenters. The predicted octanol–water partition coefficient (Wildman–Crippen LogP) is 3.47. The first-order valence-corrected chi connectivity index (χ1v) is 10.3. The third-order valence-corrected chi connectivity index (χ3v) is 4.36. The zero-order chi connectivity index (χ0) is 22.5. The lowest BCUT2D eigenvalue weighted by molar-refractivity contribution is -0.140. The first-order valence-electron chi connectivity index (χ1n) is 9.63. The summed E-state index contributed by atoms with van der Waals surface area (Å²) in [6.45, 7) is 0.207. The zero-order valence-corrected chi connectivity index (χ0v) is 17.7. The van der Waals surface area contributed by atoms with Gasteiger partial charge in [0.25, 0.3) is 0 Å². The Morgan fingerprint density at radius 1 is 1.16 bits per heavy atom. The van der Waals surface area contributed by atoms with Gasteiger partial charge in [0, 0.05) is 5.69 Å². The molecule has 2 N–H and O–H groups in total. The van der Waals surface area contributed by atoms with Crippen molar-refractivity contribution in [1.29, 1.82) is 5.26 Å². The summed E-state index contributed by atoms with van der Waals surface area (Å²) < 4.78 is 16.1. The monoisotopic (exact) mass is 444 g/mol. The van der Waals surface area contributed by atoms with Crippen molar-refractivity contribution in [3.05, 3.63) is 59.7 Å². The number of nitrogens with one attached hydrogen (secondary N) is 1. The van der Waals surface area contributed by atoms with Gasteiger partial charge in [-0.2, -0.15) is 17.9 Å². The van der Waals surface area contributed by atoms with Crippen LogP contribution in [0.4, 0.5) is 10.5 Å². The van der Waals surface area contributed by atoms with E-state index in [1.807, 2.05) is 6.07 Å². The van der Waals surface area contributed by atoms with Crippen LogP contribution in [0.15, 0.2) is 48.5 Å². The van der Waals surface area contributed by atoms with Gasteiger partial charge in [0.1, 0.15) is 18.5 Å². The summed E-state index contributed by atoms with van der Waals surface area (Å²) in [7, 11) is 0. The number of aliphatic hydroxyl groups excluding tert-OH is 1. The molecule has 8 nitrogen and oxygen atoms in total. The highest BCUT2D eigenvalue weighted by Gasteiger charge is 2.18. The number of aliphatic hydroxyl groups is 1. The van der Waals surface area contributed by atoms with Gasteiger partial charge in [-0.05, 0) is 54.8 Å². The molecule has 1 amide bonds. The van der Waals surface area contributed by atoms with Crippen molar-refractivity contribution < 1.29 is 28.9 Å². The Labute approximate surface area is 186 Å². The number of nitrogens with zero attached hydrogens (tertiary/aromatic N) is 1. The van der Waals surface area contributed by atoms with Gasteiger partial charge in [0.2, 0.25) is 0 Å². The number of ether oxygens (including phenoxy) is 3. The second-order valence-corrected chi connectivity index (χ2v) is 6.69. The Morgan fingerprint density at radius 2 is 1.94 bits per heavy atom. The predicted molar refractivity (Wildman–Crippen MR) is 117 cm³/mol. The number of carbonyl (C=O) groups excluding carboxylic acids is 2. The molecule has 0 aliphatic heterocycles. The third kappa shape index (κ3) is 8.58. The molecule has 9 heteroatoms. The second-order valence-electron chi connectivity index (χ2n) is 6.37. The fourth-order valence-corrected chi connectivity index (χ4v) is 2.76. The van der Waals surface area contributed by atoms with E-state index in [0.717, 1.165) is 0 Å². The smallest absolute Gasteiger partial charge is 0.412 e. The lowest BCUT2D eigenvalue weighted by Crippen LogP contribution is -2.18. The third-order valence-electron chi connectivity index (χ3n) is 4.10. The van der Waals surface area contributed by atoms with Crippen LogP contribution in [-0.4, -0.2) is 42.7 Å². The molecule has 0 saturated heterocycles. The van der Waals surface area contributed by atoms with Crippen molar-refractivity contribution in [2.24, 2.45) is 0 Å². The second kappa shape index (κ2) is 13.2. The van der Waals surface area contributed by atoms with Crippen molar-refractivity contribution >= 4 is 30.4 Å². The summed E-state index contributed by atoms with van der Waals surface area (Å²) in [6.07, 6.45) is -0.408. The fourth-order valence-electron chi connectivity index (χ4n) is 2.67. The maximum atomic E-state index is 12.4. The summed E-state index contributed by atoms with van der Waals surface area (Å²) >= 11 is 3.86. The van der Waals surface area contributed by atoms with Crippen LogP contribution < -0.4 is 10.1 Å². The standard InChI is InChI=1S/C22H24N2O6S/c23-14-16-6-8-18(9-7-16)24-22(27)30-20(5-2-11-29-21(26)15-31)17-3-1-4-19(13-17)28-12-10-25/h1,3-4,6-9,13,20,25,31H,2,5,10-12,15H2,(H,24,27)/t20-/m0/s1. The van der Waals surface area contributed by atoms with Crippen molar-refractivity contribution in [2.45, 2.75) is 18.9 Å². The number of hydrogen-bond acceptors (Lipinski definition) is 8. The number of thiol groups is 1. The van der Waals surface area contributed by atoms with E-state index in [-0.39, 0.29) is 25.6 Å². The highest BCUT2D eigenvalue weighted by atomic mass is 32.1. The Kier molecular flexibility index (Phi) is 10.2. The minimum absolute atomic E-state index is 0.00281. The van der Waals surface area contributed by atoms with Gasteiger partial charge in [-0.1, -0.05) is 12.1 Å². The Hall–Kier alpha value is -3.22. The van der Waals surface area contributed by atoms with Crippen LogP contribution in [0.5, 0.6) is 5.75 Å². The lowest BCUT2D eigenvalue weighted by atomic mass is 10.0. The van der Waals surface area contributed by atoms with Crippen LogP contribution in [0.25, 0.3) is 0 Å². The molecule has 0 spiro atoms. The molecule has 0 radical (unpaired) electrons. The highest BCUT2D eigenvalue weighted by Crippen LogP contribution is 2.27. The molecular weight excluding hydrogens is 420 g/mol. The minimum atomic E-state index is -0.663. The Balaban J connectivity index is 2.06. The maximum Gasteiger partial charge on any atom is 0.412 e. The van der Waals surface area contributed by atoms with Crippen LogP contribution in [-0.2, 0) is 14.3 Å². The molecule has 2 rings (SSSR count). The van der Waals surface area contributed by atoms with Gasteiger partial charge >= 0.3 is 12.1 Å². The quantitative estimate of drug-likeness (QED) is 0.276. The van der Waals surface area contributed by atoms with Gasteiger partial charge in [0.05, 0.1) is 30.6 Å². The number of benzene rings is 2. The molecule has 0 aromatic heterocycles. The molecule has 0 saturated carbocycles. The van der Waals surface area contributed by atoms with Crippen LogP contribution >= 0.6 is 12.6 Å². The average molecular weight is 445 g/mol. The number of carbonyl (C=O) groups is 2. The topological polar surface area (TPSA) is 118 Å². The summed E-state index contributed by atoms with van der Waals surface area (Å²) in [5, 5.41) is 20.4. The summed E-state index contributed by atoms with van der Waals surface area (Å²) in [5.41, 5.74) is 1.67. The van der Waals surface area contributed by atoms with Gasteiger partial charge < -0.3 is 19.3 Å². The van der Waals surface area contributed by atoms with E-state index < -0.39 is 18.2 Å². The van der Waals surface area contributed by atoms with E-state index in [1.54, 1.807) is 48.5 Å². The number of rotatable bonds is 11. The number of esters is 1. The van der Waals surface area contributed by atoms with E-state index >= 15 is 0 Å². The first-order chi connectivity index (χ1) is 15.0. The molecule has 164 valence electrons. The maximum absolute atomic E-state index is 12.4. The van der Waals surface area contributed by atoms with Gasteiger partial charge in [-0.3, -0.25) is 10.1 Å². The van der Waals surface area contributed by atoms with Crippen LogP contribution in [0.3, 0.4) is 0 Å². The van der Waals surface area contributed by atoms with Gasteiger partial charge in [-0.25, -0.2) is 4.79 Å². The molecule has 2 aromatic carbocycles. The van der Waals surface area contributed by atoms with E-state index in [0.29, 0.717) is 35.4 Å². The van der Waals surface area contributed by atoms with Crippen molar-refractivity contribution in [2.75, 3.05) is 30.9 Å². The van der Waals surface area contributed by atoms with Crippen molar-refractivity contribution in [3.63, 3.8) is 0 Å². The molecule has 2 aromatic rings. The Morgan fingerprint density at radius 3 is 2.61 bits per heavy atom. The number of nitriles is 1. The highest BCUT2D eigenvalue weighted by molar-refractivity contribution is 7.81. The summed E-state index contributed by atoms with van der Waals surface area (Å²) in [6, 6.07) is 15.4. The lowest BCUT2D eigenvalue weighted by Gasteiger charge is -2.19. The Bertz CT molecular complexity index is 898. The average Bonchev–Trinajstić information content (AvgIpc) is 2.80. The number of amides is 1. The molecule has 0 fully saturated rings. The molecule has 0 bridgehead atoms. The van der Waals surface area contributed by atoms with Crippen LogP contribution in [0.2, 0.25) is 0 Å². The van der Waals surface area contributed by atoms with E-state index in [1.165, 1.54) is 0 Å². The minimum Gasteiger partial charge on any atom is -0.491 e. The molecule has 0 aliphatic rings. The van der Waals surface area contributed by atoms with Gasteiger partial charge in [-0.15, -0.1) is 0 Å². The zero-order valence-electron chi connectivity index (χ0n) is 16.8. The van der Waals surface area contributed by atoms with Gasteiger partial charge in [0.15, 0.2) is 0 Å². The molecule has 0 aliphatic carbocycles. The number of anilines is 1. The number of hydrogen-bond donors (Lipinski definition) is 3. The largest absolute Gasteiger partial charge is 0.491 e. The van der Waals surface area contributed by atoms with E-state index in [2.05, 4.69) is 17.9 Å².